The van der Waals surface area contributed by atoms with Crippen molar-refractivity contribution in [3.05, 3.63) is 33.5 Å². The van der Waals surface area contributed by atoms with Crippen LogP contribution in [0.1, 0.15) is 17.2 Å². The minimum atomic E-state index is -0.205. The number of hydrogen-bond donors (Lipinski definition) is 1. The predicted octanol–water partition coefficient (Wildman–Crippen LogP) is 2.56. The van der Waals surface area contributed by atoms with E-state index in [1.165, 1.54) is 0 Å². The Labute approximate surface area is 96.9 Å². The zero-order valence-corrected chi connectivity index (χ0v) is 10.1. The SMILES string of the molecule is Cc1ccc(Br)c(F)c1C1CNCCO1. The number of hydrogen-bond acceptors (Lipinski definition) is 2. The van der Waals surface area contributed by atoms with Crippen molar-refractivity contribution in [1.29, 1.82) is 0 Å². The molecular formula is C11H13BrFNO. The van der Waals surface area contributed by atoms with Crippen LogP contribution in [-0.4, -0.2) is 19.7 Å². The van der Waals surface area contributed by atoms with Crippen LogP contribution in [0.5, 0.6) is 0 Å². The largest absolute Gasteiger partial charge is 0.371 e. The van der Waals surface area contributed by atoms with E-state index in [0.717, 1.165) is 12.1 Å². The number of ether oxygens (including phenoxy) is 1. The molecule has 4 heteroatoms. The van der Waals surface area contributed by atoms with Gasteiger partial charge in [-0.15, -0.1) is 0 Å². The summed E-state index contributed by atoms with van der Waals surface area (Å²) < 4.78 is 19.9. The Hall–Kier alpha value is -0.450. The standard InChI is InChI=1S/C11H13BrFNO/c1-7-2-3-8(12)11(13)10(7)9-6-14-4-5-15-9/h2-3,9,14H,4-6H2,1H3. The maximum atomic E-state index is 13.9. The highest BCUT2D eigenvalue weighted by atomic mass is 79.9. The molecule has 0 spiro atoms. The van der Waals surface area contributed by atoms with Gasteiger partial charge in [0, 0.05) is 18.7 Å². The first-order chi connectivity index (χ1) is 7.20. The summed E-state index contributed by atoms with van der Waals surface area (Å²) in [6.45, 7) is 4.05. The molecule has 0 amide bonds. The van der Waals surface area contributed by atoms with Gasteiger partial charge >= 0.3 is 0 Å². The summed E-state index contributed by atoms with van der Waals surface area (Å²) in [5, 5.41) is 3.20. The molecule has 1 atom stereocenters. The van der Waals surface area contributed by atoms with Gasteiger partial charge in [0.1, 0.15) is 5.82 Å². The Kier molecular flexibility index (Phi) is 3.38. The molecule has 1 saturated heterocycles. The first kappa shape index (κ1) is 11.0. The summed E-state index contributed by atoms with van der Waals surface area (Å²) in [6, 6.07) is 3.63. The fourth-order valence-corrected chi connectivity index (χ4v) is 2.15. The summed E-state index contributed by atoms with van der Waals surface area (Å²) in [7, 11) is 0. The van der Waals surface area contributed by atoms with Gasteiger partial charge in [-0.25, -0.2) is 4.39 Å². The number of halogens is 2. The van der Waals surface area contributed by atoms with Crippen molar-refractivity contribution >= 4 is 15.9 Å². The van der Waals surface area contributed by atoms with Gasteiger partial charge in [-0.1, -0.05) is 6.07 Å². The molecule has 1 unspecified atom stereocenters. The van der Waals surface area contributed by atoms with Crippen LogP contribution in [0.4, 0.5) is 4.39 Å². The third-order valence-electron chi connectivity index (χ3n) is 2.60. The van der Waals surface area contributed by atoms with Crippen LogP contribution in [0.25, 0.3) is 0 Å². The average Bonchev–Trinajstić information content (AvgIpc) is 2.26. The average molecular weight is 274 g/mol. The van der Waals surface area contributed by atoms with E-state index in [2.05, 4.69) is 21.2 Å². The molecule has 2 nitrogen and oxygen atoms in total. The molecule has 1 heterocycles. The second-order valence-corrected chi connectivity index (χ2v) is 4.51. The Morgan fingerprint density at radius 2 is 2.33 bits per heavy atom. The molecule has 1 N–H and O–H groups in total. The van der Waals surface area contributed by atoms with Gasteiger partial charge in [0.05, 0.1) is 17.2 Å². The van der Waals surface area contributed by atoms with Crippen molar-refractivity contribution in [2.24, 2.45) is 0 Å². The van der Waals surface area contributed by atoms with Crippen LogP contribution in [0, 0.1) is 12.7 Å². The van der Waals surface area contributed by atoms with E-state index < -0.39 is 0 Å². The summed E-state index contributed by atoms with van der Waals surface area (Å²) in [4.78, 5) is 0. The second-order valence-electron chi connectivity index (χ2n) is 3.66. The van der Waals surface area contributed by atoms with Crippen LogP contribution in [0.3, 0.4) is 0 Å². The van der Waals surface area contributed by atoms with Gasteiger partial charge in [0.25, 0.3) is 0 Å². The lowest BCUT2D eigenvalue weighted by Gasteiger charge is -2.25. The number of aryl methyl sites for hydroxylation is 1. The number of nitrogens with one attached hydrogen (secondary N) is 1. The lowest BCUT2D eigenvalue weighted by atomic mass is 10.0. The highest BCUT2D eigenvalue weighted by Crippen LogP contribution is 2.29. The smallest absolute Gasteiger partial charge is 0.143 e. The molecule has 1 fully saturated rings. The summed E-state index contributed by atoms with van der Waals surface area (Å²) in [5.74, 6) is -0.205. The molecule has 1 aromatic carbocycles. The minimum absolute atomic E-state index is 0.170. The van der Waals surface area contributed by atoms with E-state index in [0.29, 0.717) is 23.2 Å². The van der Waals surface area contributed by atoms with Crippen LogP contribution in [0.2, 0.25) is 0 Å². The molecular weight excluding hydrogens is 261 g/mol. The van der Waals surface area contributed by atoms with Crippen molar-refractivity contribution in [2.45, 2.75) is 13.0 Å². The van der Waals surface area contributed by atoms with E-state index in [4.69, 9.17) is 4.74 Å². The van der Waals surface area contributed by atoms with Crippen molar-refractivity contribution in [3.63, 3.8) is 0 Å². The lowest BCUT2D eigenvalue weighted by Crippen LogP contribution is -2.34. The maximum Gasteiger partial charge on any atom is 0.143 e. The highest BCUT2D eigenvalue weighted by Gasteiger charge is 2.22. The Balaban J connectivity index is 2.36. The predicted molar refractivity (Wildman–Crippen MR) is 60.4 cm³/mol. The molecule has 1 aromatic rings. The van der Waals surface area contributed by atoms with Gasteiger partial charge in [0.2, 0.25) is 0 Å². The first-order valence-corrected chi connectivity index (χ1v) is 5.76. The normalized spacial score (nSPS) is 21.7. The van der Waals surface area contributed by atoms with Gasteiger partial charge < -0.3 is 10.1 Å². The van der Waals surface area contributed by atoms with Crippen LogP contribution in [0.15, 0.2) is 16.6 Å². The third-order valence-corrected chi connectivity index (χ3v) is 3.21. The Morgan fingerprint density at radius 3 is 3.00 bits per heavy atom. The topological polar surface area (TPSA) is 21.3 Å². The molecule has 1 aliphatic rings. The van der Waals surface area contributed by atoms with Crippen molar-refractivity contribution in [3.8, 4) is 0 Å². The molecule has 0 aliphatic carbocycles. The maximum absolute atomic E-state index is 13.9. The first-order valence-electron chi connectivity index (χ1n) is 4.97. The fourth-order valence-electron chi connectivity index (χ4n) is 1.81. The van der Waals surface area contributed by atoms with Crippen molar-refractivity contribution in [2.75, 3.05) is 19.7 Å². The Morgan fingerprint density at radius 1 is 1.53 bits per heavy atom. The number of benzene rings is 1. The third kappa shape index (κ3) is 2.22. The molecule has 0 radical (unpaired) electrons. The van der Waals surface area contributed by atoms with Crippen molar-refractivity contribution < 1.29 is 9.13 Å². The van der Waals surface area contributed by atoms with Crippen LogP contribution < -0.4 is 5.32 Å². The fraction of sp³-hybridized carbons (Fsp3) is 0.455. The molecule has 0 aromatic heterocycles. The molecule has 2 rings (SSSR count). The van der Waals surface area contributed by atoms with Crippen molar-refractivity contribution in [1.82, 2.24) is 5.32 Å². The van der Waals surface area contributed by atoms with E-state index in [-0.39, 0.29) is 11.9 Å². The Bertz CT molecular complexity index is 364. The second kappa shape index (κ2) is 4.60. The summed E-state index contributed by atoms with van der Waals surface area (Å²) in [5.41, 5.74) is 1.60. The zero-order valence-electron chi connectivity index (χ0n) is 8.52. The summed E-state index contributed by atoms with van der Waals surface area (Å²) in [6.07, 6.45) is -0.170. The molecule has 1 aliphatic heterocycles. The van der Waals surface area contributed by atoms with Gasteiger partial charge in [-0.05, 0) is 34.5 Å². The van der Waals surface area contributed by atoms with E-state index in [9.17, 15) is 4.39 Å². The quantitative estimate of drug-likeness (QED) is 0.849. The van der Waals surface area contributed by atoms with Gasteiger partial charge in [-0.2, -0.15) is 0 Å². The minimum Gasteiger partial charge on any atom is -0.371 e. The van der Waals surface area contributed by atoms with E-state index >= 15 is 0 Å². The van der Waals surface area contributed by atoms with Gasteiger partial charge in [0.15, 0.2) is 0 Å². The molecule has 15 heavy (non-hydrogen) atoms. The molecule has 82 valence electrons. The molecule has 0 bridgehead atoms. The summed E-state index contributed by atoms with van der Waals surface area (Å²) >= 11 is 3.20. The number of morpholine rings is 1. The van der Waals surface area contributed by atoms with Crippen LogP contribution in [-0.2, 0) is 4.74 Å². The monoisotopic (exact) mass is 273 g/mol. The van der Waals surface area contributed by atoms with E-state index in [1.807, 2.05) is 13.0 Å². The van der Waals surface area contributed by atoms with E-state index in [1.54, 1.807) is 6.07 Å². The number of rotatable bonds is 1. The van der Waals surface area contributed by atoms with Crippen LogP contribution >= 0.6 is 15.9 Å². The van der Waals surface area contributed by atoms with Gasteiger partial charge in [-0.3, -0.25) is 0 Å². The molecule has 0 saturated carbocycles. The lowest BCUT2D eigenvalue weighted by molar-refractivity contribution is 0.0250. The zero-order chi connectivity index (χ0) is 10.8. The highest BCUT2D eigenvalue weighted by molar-refractivity contribution is 9.10.